The summed E-state index contributed by atoms with van der Waals surface area (Å²) in [5, 5.41) is 3.61. The predicted molar refractivity (Wildman–Crippen MR) is 127 cm³/mol. The van der Waals surface area contributed by atoms with Gasteiger partial charge in [0, 0.05) is 18.7 Å². The van der Waals surface area contributed by atoms with Crippen molar-refractivity contribution in [3.63, 3.8) is 0 Å². The largest absolute Gasteiger partial charge is 0.457 e. The third-order valence-corrected chi connectivity index (χ3v) is 5.99. The van der Waals surface area contributed by atoms with Crippen molar-refractivity contribution in [2.45, 2.75) is 18.9 Å². The zero-order chi connectivity index (χ0) is 22.8. The molecule has 0 bridgehead atoms. The first-order valence-corrected chi connectivity index (χ1v) is 11.0. The zero-order valence-corrected chi connectivity index (χ0v) is 18.2. The first-order chi connectivity index (χ1) is 16.1. The van der Waals surface area contributed by atoms with Gasteiger partial charge in [0.25, 0.3) is 0 Å². The minimum atomic E-state index is -0.0441. The number of para-hydroxylation sites is 1. The number of nitrogens with one attached hydrogen (secondary N) is 1. The first kappa shape index (κ1) is 20.8. The van der Waals surface area contributed by atoms with E-state index in [2.05, 4.69) is 22.0 Å². The Balaban J connectivity index is 1.40. The van der Waals surface area contributed by atoms with Crippen LogP contribution in [0.15, 0.2) is 89.8 Å². The number of likely N-dealkylation sites (tertiary alicyclic amines) is 1. The summed E-state index contributed by atoms with van der Waals surface area (Å²) in [6.07, 6.45) is 6.64. The molecule has 0 aliphatic carbocycles. The molecule has 0 radical (unpaired) electrons. The van der Waals surface area contributed by atoms with Crippen LogP contribution in [0.5, 0.6) is 11.5 Å². The van der Waals surface area contributed by atoms with E-state index in [-0.39, 0.29) is 11.9 Å². The normalized spacial score (nSPS) is 19.7. The summed E-state index contributed by atoms with van der Waals surface area (Å²) < 4.78 is 5.92. The van der Waals surface area contributed by atoms with Crippen LogP contribution in [0.25, 0.3) is 5.70 Å². The van der Waals surface area contributed by atoms with Crippen molar-refractivity contribution >= 4 is 17.9 Å². The minimum absolute atomic E-state index is 0.0441. The van der Waals surface area contributed by atoms with Crippen molar-refractivity contribution < 1.29 is 9.53 Å². The smallest absolute Gasteiger partial charge is 0.246 e. The van der Waals surface area contributed by atoms with E-state index in [1.807, 2.05) is 59.5 Å². The summed E-state index contributed by atoms with van der Waals surface area (Å²) in [6, 6.07) is 17.6. The Labute approximate surface area is 192 Å². The molecule has 1 amide bonds. The van der Waals surface area contributed by atoms with Gasteiger partial charge in [-0.1, -0.05) is 24.8 Å². The van der Waals surface area contributed by atoms with E-state index in [0.717, 1.165) is 53.5 Å². The number of fused-ring (bicyclic) bond motifs is 1. The average molecular weight is 443 g/mol. The predicted octanol–water partition coefficient (Wildman–Crippen LogP) is 3.20. The number of aliphatic imine (C=N–C) groups is 1. The molecule has 2 aromatic rings. The average Bonchev–Trinajstić information content (AvgIpc) is 3.26. The number of nitrogens with two attached hydrogens (primary N) is 1. The van der Waals surface area contributed by atoms with Crippen LogP contribution in [0.1, 0.15) is 18.4 Å². The Morgan fingerprint density at radius 3 is 2.67 bits per heavy atom. The minimum Gasteiger partial charge on any atom is -0.457 e. The number of ether oxygens (including phenoxy) is 1. The van der Waals surface area contributed by atoms with Gasteiger partial charge in [-0.2, -0.15) is 0 Å². The molecule has 168 valence electrons. The van der Waals surface area contributed by atoms with E-state index in [0.29, 0.717) is 6.54 Å². The number of rotatable bonds is 5. The molecule has 2 aromatic carbocycles. The second-order valence-electron chi connectivity index (χ2n) is 8.12. The topological polar surface area (TPSA) is 86.4 Å². The second kappa shape index (κ2) is 8.84. The van der Waals surface area contributed by atoms with Crippen LogP contribution in [-0.4, -0.2) is 46.3 Å². The Bertz CT molecular complexity index is 1140. The van der Waals surface area contributed by atoms with Crippen LogP contribution < -0.4 is 16.0 Å². The van der Waals surface area contributed by atoms with Gasteiger partial charge in [0.05, 0.1) is 17.9 Å². The molecule has 1 saturated heterocycles. The van der Waals surface area contributed by atoms with E-state index in [1.165, 1.54) is 11.1 Å². The highest BCUT2D eigenvalue weighted by Crippen LogP contribution is 2.36. The van der Waals surface area contributed by atoms with Crippen LogP contribution >= 0.6 is 0 Å². The molecule has 3 heterocycles. The number of carbonyl (C=O) groups is 1. The molecule has 3 aliphatic rings. The lowest BCUT2D eigenvalue weighted by atomic mass is 10.0. The van der Waals surface area contributed by atoms with Crippen LogP contribution in [0.4, 0.5) is 0 Å². The fourth-order valence-corrected chi connectivity index (χ4v) is 4.39. The summed E-state index contributed by atoms with van der Waals surface area (Å²) in [5.74, 6) is 7.78. The van der Waals surface area contributed by atoms with Crippen molar-refractivity contribution in [2.24, 2.45) is 10.8 Å². The van der Waals surface area contributed by atoms with Crippen molar-refractivity contribution in [1.29, 1.82) is 0 Å². The van der Waals surface area contributed by atoms with E-state index in [1.54, 1.807) is 12.5 Å². The van der Waals surface area contributed by atoms with Gasteiger partial charge in [-0.25, -0.2) is 10.8 Å². The summed E-state index contributed by atoms with van der Waals surface area (Å²) in [4.78, 5) is 18.3. The number of piperidine rings is 1. The highest BCUT2D eigenvalue weighted by molar-refractivity contribution is 5.87. The van der Waals surface area contributed by atoms with E-state index in [9.17, 15) is 4.79 Å². The molecule has 8 nitrogen and oxygen atoms in total. The summed E-state index contributed by atoms with van der Waals surface area (Å²) in [7, 11) is 0. The van der Waals surface area contributed by atoms with Gasteiger partial charge in [-0.3, -0.25) is 20.2 Å². The molecule has 5 rings (SSSR count). The maximum absolute atomic E-state index is 12.2. The van der Waals surface area contributed by atoms with Crippen LogP contribution in [0.2, 0.25) is 0 Å². The van der Waals surface area contributed by atoms with Gasteiger partial charge < -0.3 is 9.64 Å². The highest BCUT2D eigenvalue weighted by Gasteiger charge is 2.37. The number of hydrogen-bond acceptors (Lipinski definition) is 7. The fraction of sp³-hybridized carbons (Fsp3) is 0.200. The number of hydrogen-bond donors (Lipinski definition) is 2. The molecule has 33 heavy (non-hydrogen) atoms. The van der Waals surface area contributed by atoms with E-state index >= 15 is 0 Å². The SMILES string of the molecule is C=CC(=O)N1CCC[C@@H](N2NC(c3ccc(Oc4ccccc4)cc3)=C3C2=CN=CN3N)C1. The maximum Gasteiger partial charge on any atom is 0.246 e. The molecule has 0 saturated carbocycles. The molecular weight excluding hydrogens is 416 g/mol. The molecule has 3 N–H and O–H groups in total. The van der Waals surface area contributed by atoms with Crippen molar-refractivity contribution in [1.82, 2.24) is 20.3 Å². The standard InChI is InChI=1S/C25H26N6O2/c1-2-23(32)29-14-6-7-19(16-29)31-22-15-27-17-30(26)25(22)24(28-31)18-10-12-21(13-11-18)33-20-8-4-3-5-9-20/h2-5,8-13,15,17,19,28H,1,6-7,14,16,26H2/t19-/m1/s1. The Morgan fingerprint density at radius 1 is 1.15 bits per heavy atom. The van der Waals surface area contributed by atoms with E-state index in [4.69, 9.17) is 10.6 Å². The van der Waals surface area contributed by atoms with Gasteiger partial charge in [0.2, 0.25) is 5.91 Å². The molecule has 0 unspecified atom stereocenters. The van der Waals surface area contributed by atoms with Gasteiger partial charge in [-0.15, -0.1) is 0 Å². The molecular formula is C25H26N6O2. The van der Waals surface area contributed by atoms with E-state index < -0.39 is 0 Å². The van der Waals surface area contributed by atoms with Crippen LogP contribution in [0.3, 0.4) is 0 Å². The number of benzene rings is 2. The first-order valence-electron chi connectivity index (χ1n) is 11.0. The molecule has 3 aliphatic heterocycles. The fourth-order valence-electron chi connectivity index (χ4n) is 4.39. The van der Waals surface area contributed by atoms with Gasteiger partial charge >= 0.3 is 0 Å². The highest BCUT2D eigenvalue weighted by atomic mass is 16.5. The molecule has 1 fully saturated rings. The number of hydrazine groups is 2. The van der Waals surface area contributed by atoms with Crippen molar-refractivity contribution in [3.8, 4) is 11.5 Å². The zero-order valence-electron chi connectivity index (χ0n) is 18.2. The summed E-state index contributed by atoms with van der Waals surface area (Å²) in [5.41, 5.74) is 7.12. The Kier molecular flexibility index (Phi) is 5.58. The molecule has 1 atom stereocenters. The molecule has 0 aromatic heterocycles. The monoisotopic (exact) mass is 442 g/mol. The quantitative estimate of drug-likeness (QED) is 0.546. The van der Waals surface area contributed by atoms with Gasteiger partial charge in [0.15, 0.2) is 0 Å². The van der Waals surface area contributed by atoms with Gasteiger partial charge in [-0.05, 0) is 55.3 Å². The van der Waals surface area contributed by atoms with Crippen LogP contribution in [-0.2, 0) is 4.79 Å². The third-order valence-electron chi connectivity index (χ3n) is 5.99. The lowest BCUT2D eigenvalue weighted by Crippen LogP contribution is -2.51. The lowest BCUT2D eigenvalue weighted by molar-refractivity contribution is -0.128. The van der Waals surface area contributed by atoms with Crippen molar-refractivity contribution in [3.05, 3.63) is 90.4 Å². The third kappa shape index (κ3) is 4.08. The Morgan fingerprint density at radius 2 is 1.91 bits per heavy atom. The lowest BCUT2D eigenvalue weighted by Gasteiger charge is -2.39. The molecule has 8 heteroatoms. The van der Waals surface area contributed by atoms with Gasteiger partial charge in [0.1, 0.15) is 29.2 Å². The number of carbonyl (C=O) groups excluding carboxylic acids is 1. The van der Waals surface area contributed by atoms with Crippen molar-refractivity contribution in [2.75, 3.05) is 13.1 Å². The maximum atomic E-state index is 12.2. The number of nitrogens with zero attached hydrogens (tertiary/aromatic N) is 4. The second-order valence-corrected chi connectivity index (χ2v) is 8.12. The number of amides is 1. The summed E-state index contributed by atoms with van der Waals surface area (Å²) >= 11 is 0. The molecule has 0 spiro atoms. The van der Waals surface area contributed by atoms with Crippen LogP contribution in [0, 0.1) is 0 Å². The Hall–Kier alpha value is -4.04. The summed E-state index contributed by atoms with van der Waals surface area (Å²) in [6.45, 7) is 4.97.